The number of hydrogen-bond donors (Lipinski definition) is 2. The average molecular weight is 235 g/mol. The Morgan fingerprint density at radius 3 is 3.00 bits per heavy atom. The summed E-state index contributed by atoms with van der Waals surface area (Å²) < 4.78 is 1.70. The van der Waals surface area contributed by atoms with Gasteiger partial charge in [0, 0.05) is 19.7 Å². The van der Waals surface area contributed by atoms with Gasteiger partial charge in [0.15, 0.2) is 0 Å². The fraction of sp³-hybridized carbons (Fsp3) is 0.600. The number of H-pyrrole nitrogens is 1. The van der Waals surface area contributed by atoms with Gasteiger partial charge in [-0.3, -0.25) is 4.68 Å². The molecule has 0 aliphatic heterocycles. The third-order valence-corrected chi connectivity index (χ3v) is 2.49. The highest BCUT2D eigenvalue weighted by Crippen LogP contribution is 2.13. The summed E-state index contributed by atoms with van der Waals surface area (Å²) in [5, 5.41) is 22.0. The standard InChI is InChI=1S/C10H17N7/c1-3-4-11-9(10-6-12-15-14-10)5-8-7-17(2)16-13-8/h6-7,9,11H,3-5H2,1-2H3,(H,12,14,15). The topological polar surface area (TPSA) is 84.3 Å². The summed E-state index contributed by atoms with van der Waals surface area (Å²) in [5.74, 6) is 0. The Hall–Kier alpha value is -1.76. The molecule has 1 unspecified atom stereocenters. The van der Waals surface area contributed by atoms with Gasteiger partial charge < -0.3 is 5.32 Å². The Balaban J connectivity index is 2.05. The van der Waals surface area contributed by atoms with E-state index in [2.05, 4.69) is 38.0 Å². The highest BCUT2D eigenvalue weighted by atomic mass is 15.4. The lowest BCUT2D eigenvalue weighted by molar-refractivity contribution is 0.512. The van der Waals surface area contributed by atoms with Gasteiger partial charge in [-0.25, -0.2) is 0 Å². The maximum Gasteiger partial charge on any atom is 0.0997 e. The molecule has 0 fully saturated rings. The number of aromatic amines is 1. The van der Waals surface area contributed by atoms with Crippen molar-refractivity contribution in [3.8, 4) is 0 Å². The van der Waals surface area contributed by atoms with E-state index in [0.29, 0.717) is 0 Å². The molecule has 0 saturated heterocycles. The molecule has 2 heterocycles. The Bertz CT molecular complexity index is 433. The Morgan fingerprint density at radius 2 is 2.41 bits per heavy atom. The lowest BCUT2D eigenvalue weighted by Gasteiger charge is -2.14. The fourth-order valence-corrected chi connectivity index (χ4v) is 1.68. The van der Waals surface area contributed by atoms with Gasteiger partial charge in [-0.2, -0.15) is 15.4 Å². The zero-order valence-corrected chi connectivity index (χ0v) is 10.1. The minimum atomic E-state index is 0.130. The summed E-state index contributed by atoms with van der Waals surface area (Å²) in [6.45, 7) is 3.08. The van der Waals surface area contributed by atoms with E-state index in [1.165, 1.54) is 0 Å². The van der Waals surface area contributed by atoms with Crippen molar-refractivity contribution in [1.82, 2.24) is 35.7 Å². The second-order valence-electron chi connectivity index (χ2n) is 3.99. The lowest BCUT2D eigenvalue weighted by atomic mass is 10.1. The zero-order valence-electron chi connectivity index (χ0n) is 10.1. The van der Waals surface area contributed by atoms with Crippen LogP contribution >= 0.6 is 0 Å². The van der Waals surface area contributed by atoms with E-state index >= 15 is 0 Å². The maximum absolute atomic E-state index is 4.12. The molecule has 0 spiro atoms. The number of aryl methyl sites for hydroxylation is 1. The summed E-state index contributed by atoms with van der Waals surface area (Å²) in [7, 11) is 1.86. The van der Waals surface area contributed by atoms with Crippen molar-refractivity contribution in [2.45, 2.75) is 25.8 Å². The summed E-state index contributed by atoms with van der Waals surface area (Å²) >= 11 is 0. The molecule has 2 aromatic heterocycles. The first-order chi connectivity index (χ1) is 8.29. The maximum atomic E-state index is 4.12. The number of rotatable bonds is 6. The molecule has 0 aromatic carbocycles. The molecule has 2 N–H and O–H groups in total. The van der Waals surface area contributed by atoms with E-state index < -0.39 is 0 Å². The third kappa shape index (κ3) is 3.10. The Kier molecular flexibility index (Phi) is 3.81. The molecule has 0 bridgehead atoms. The van der Waals surface area contributed by atoms with Crippen molar-refractivity contribution in [3.05, 3.63) is 23.8 Å². The van der Waals surface area contributed by atoms with Crippen LogP contribution in [0.3, 0.4) is 0 Å². The SMILES string of the molecule is CCCNC(Cc1cn(C)nn1)c1cn[nH]n1. The minimum Gasteiger partial charge on any atom is -0.308 e. The van der Waals surface area contributed by atoms with Crippen LogP contribution in [0.2, 0.25) is 0 Å². The largest absolute Gasteiger partial charge is 0.308 e. The lowest BCUT2D eigenvalue weighted by Crippen LogP contribution is -2.24. The molecule has 17 heavy (non-hydrogen) atoms. The van der Waals surface area contributed by atoms with E-state index in [9.17, 15) is 0 Å². The quantitative estimate of drug-likeness (QED) is 0.748. The predicted octanol–water partition coefficient (Wildman–Crippen LogP) is 0.217. The summed E-state index contributed by atoms with van der Waals surface area (Å²) in [6.07, 6.45) is 5.50. The normalized spacial score (nSPS) is 12.8. The first kappa shape index (κ1) is 11.7. The second-order valence-corrected chi connectivity index (χ2v) is 3.99. The van der Waals surface area contributed by atoms with Gasteiger partial charge in [0.05, 0.1) is 23.6 Å². The summed E-state index contributed by atoms with van der Waals surface area (Å²) in [6, 6.07) is 0.130. The zero-order chi connectivity index (χ0) is 12.1. The molecule has 0 saturated carbocycles. The minimum absolute atomic E-state index is 0.130. The van der Waals surface area contributed by atoms with Gasteiger partial charge in [0.25, 0.3) is 0 Å². The fourth-order valence-electron chi connectivity index (χ4n) is 1.68. The first-order valence-corrected chi connectivity index (χ1v) is 5.74. The van der Waals surface area contributed by atoms with Crippen molar-refractivity contribution in [3.63, 3.8) is 0 Å². The molecule has 0 radical (unpaired) electrons. The van der Waals surface area contributed by atoms with E-state index in [-0.39, 0.29) is 6.04 Å². The number of aromatic nitrogens is 6. The molecule has 2 rings (SSSR count). The number of nitrogens with zero attached hydrogens (tertiary/aromatic N) is 5. The molecule has 0 aliphatic rings. The molecular weight excluding hydrogens is 218 g/mol. The van der Waals surface area contributed by atoms with Crippen LogP contribution in [0.15, 0.2) is 12.4 Å². The van der Waals surface area contributed by atoms with E-state index in [4.69, 9.17) is 0 Å². The van der Waals surface area contributed by atoms with Gasteiger partial charge in [0.2, 0.25) is 0 Å². The average Bonchev–Trinajstić information content (AvgIpc) is 2.95. The van der Waals surface area contributed by atoms with Crippen molar-refractivity contribution in [2.24, 2.45) is 7.05 Å². The molecular formula is C10H17N7. The van der Waals surface area contributed by atoms with Crippen LogP contribution < -0.4 is 5.32 Å². The number of nitrogens with one attached hydrogen (secondary N) is 2. The highest BCUT2D eigenvalue weighted by molar-refractivity contribution is 5.06. The third-order valence-electron chi connectivity index (χ3n) is 2.49. The Morgan fingerprint density at radius 1 is 1.53 bits per heavy atom. The molecule has 1 atom stereocenters. The van der Waals surface area contributed by atoms with Crippen LogP contribution in [0.4, 0.5) is 0 Å². The number of hydrogen-bond acceptors (Lipinski definition) is 5. The molecule has 0 aliphatic carbocycles. The van der Waals surface area contributed by atoms with Crippen LogP contribution in [0.5, 0.6) is 0 Å². The molecule has 7 heteroatoms. The molecule has 7 nitrogen and oxygen atoms in total. The first-order valence-electron chi connectivity index (χ1n) is 5.74. The molecule has 92 valence electrons. The van der Waals surface area contributed by atoms with E-state index in [0.717, 1.165) is 30.8 Å². The predicted molar refractivity (Wildman–Crippen MR) is 62.1 cm³/mol. The van der Waals surface area contributed by atoms with Crippen LogP contribution in [-0.4, -0.2) is 36.9 Å². The monoisotopic (exact) mass is 235 g/mol. The van der Waals surface area contributed by atoms with Crippen LogP contribution in [0.25, 0.3) is 0 Å². The van der Waals surface area contributed by atoms with Crippen molar-refractivity contribution in [2.75, 3.05) is 6.54 Å². The second kappa shape index (κ2) is 5.53. The smallest absolute Gasteiger partial charge is 0.0997 e. The van der Waals surface area contributed by atoms with Crippen molar-refractivity contribution < 1.29 is 0 Å². The van der Waals surface area contributed by atoms with Crippen LogP contribution in [0.1, 0.15) is 30.8 Å². The molecule has 2 aromatic rings. The van der Waals surface area contributed by atoms with Gasteiger partial charge in [-0.1, -0.05) is 12.1 Å². The van der Waals surface area contributed by atoms with Gasteiger partial charge in [-0.05, 0) is 13.0 Å². The van der Waals surface area contributed by atoms with Gasteiger partial charge in [0.1, 0.15) is 0 Å². The van der Waals surface area contributed by atoms with Crippen molar-refractivity contribution in [1.29, 1.82) is 0 Å². The molecule has 0 amide bonds. The summed E-state index contributed by atoms with van der Waals surface area (Å²) in [4.78, 5) is 0. The summed E-state index contributed by atoms with van der Waals surface area (Å²) in [5.41, 5.74) is 1.85. The Labute approximate surface area is 99.6 Å². The van der Waals surface area contributed by atoms with E-state index in [1.807, 2.05) is 13.2 Å². The van der Waals surface area contributed by atoms with Gasteiger partial charge >= 0.3 is 0 Å². The van der Waals surface area contributed by atoms with Crippen LogP contribution in [-0.2, 0) is 13.5 Å². The van der Waals surface area contributed by atoms with Gasteiger partial charge in [-0.15, -0.1) is 5.10 Å². The van der Waals surface area contributed by atoms with E-state index in [1.54, 1.807) is 10.9 Å². The highest BCUT2D eigenvalue weighted by Gasteiger charge is 2.15. The van der Waals surface area contributed by atoms with Crippen LogP contribution in [0, 0.1) is 0 Å². The van der Waals surface area contributed by atoms with Crippen molar-refractivity contribution >= 4 is 0 Å².